The van der Waals surface area contributed by atoms with Crippen molar-refractivity contribution in [1.82, 2.24) is 10.2 Å². The molecule has 8 heteroatoms. The van der Waals surface area contributed by atoms with Gasteiger partial charge in [0, 0.05) is 33.4 Å². The largest absolute Gasteiger partial charge is 0.354 e. The number of nitrogens with one attached hydrogen (secondary N) is 1. The average Bonchev–Trinajstić information content (AvgIpc) is 2.74. The smallest absolute Gasteiger partial charge is 0.242 e. The Kier molecular flexibility index (Phi) is 11.2. The number of nitrogens with zero attached hydrogens (tertiary/aromatic N) is 1. The van der Waals surface area contributed by atoms with E-state index < -0.39 is 6.04 Å². The molecule has 0 saturated carbocycles. The molecule has 2 aromatic rings. The lowest BCUT2D eigenvalue weighted by molar-refractivity contribution is -0.138. The summed E-state index contributed by atoms with van der Waals surface area (Å²) >= 11 is 17.3. The molecular weight excluding hydrogens is 519 g/mol. The first-order valence-corrected chi connectivity index (χ1v) is 12.9. The number of carbonyl (C=O) groups is 2. The van der Waals surface area contributed by atoms with Crippen LogP contribution < -0.4 is 5.32 Å². The summed E-state index contributed by atoms with van der Waals surface area (Å²) in [5.74, 6) is 0.718. The Bertz CT molecular complexity index is 880. The Morgan fingerprint density at radius 1 is 1.16 bits per heavy atom. The molecule has 0 unspecified atom stereocenters. The van der Waals surface area contributed by atoms with Gasteiger partial charge in [0.2, 0.25) is 11.8 Å². The minimum Gasteiger partial charge on any atom is -0.354 e. The van der Waals surface area contributed by atoms with Crippen LogP contribution in [0.4, 0.5) is 0 Å². The molecule has 2 rings (SSSR count). The normalized spacial score (nSPS) is 11.8. The lowest BCUT2D eigenvalue weighted by Gasteiger charge is -2.29. The van der Waals surface area contributed by atoms with Gasteiger partial charge < -0.3 is 10.2 Å². The maximum absolute atomic E-state index is 13.1. The third kappa shape index (κ3) is 8.68. The summed E-state index contributed by atoms with van der Waals surface area (Å²) in [5.41, 5.74) is 1.89. The van der Waals surface area contributed by atoms with Crippen molar-refractivity contribution in [2.75, 3.05) is 12.3 Å². The maximum Gasteiger partial charge on any atom is 0.242 e. The monoisotopic (exact) mass is 544 g/mol. The number of unbranched alkanes of at least 4 members (excludes halogenated alkanes) is 1. The Morgan fingerprint density at radius 2 is 1.87 bits per heavy atom. The van der Waals surface area contributed by atoms with E-state index in [0.29, 0.717) is 22.3 Å². The molecule has 2 aromatic carbocycles. The van der Waals surface area contributed by atoms with Gasteiger partial charge in [0.05, 0.1) is 5.75 Å². The van der Waals surface area contributed by atoms with Gasteiger partial charge in [-0.2, -0.15) is 0 Å². The number of hydrogen-bond donors (Lipinski definition) is 1. The van der Waals surface area contributed by atoms with Crippen molar-refractivity contribution < 1.29 is 9.59 Å². The summed E-state index contributed by atoms with van der Waals surface area (Å²) in [6.07, 6.45) is 1.89. The molecule has 168 valence electrons. The molecule has 0 radical (unpaired) electrons. The number of thioether (sulfide) groups is 1. The highest BCUT2D eigenvalue weighted by Gasteiger charge is 2.26. The van der Waals surface area contributed by atoms with Crippen LogP contribution in [-0.4, -0.2) is 35.1 Å². The first-order chi connectivity index (χ1) is 14.8. The van der Waals surface area contributed by atoms with Gasteiger partial charge in [0.15, 0.2) is 0 Å². The molecule has 0 aliphatic heterocycles. The molecule has 31 heavy (non-hydrogen) atoms. The lowest BCUT2D eigenvalue weighted by atomic mass is 10.1. The van der Waals surface area contributed by atoms with Gasteiger partial charge in [-0.25, -0.2) is 0 Å². The van der Waals surface area contributed by atoms with Crippen LogP contribution in [0, 0.1) is 0 Å². The molecule has 0 aromatic heterocycles. The van der Waals surface area contributed by atoms with E-state index in [1.54, 1.807) is 30.0 Å². The number of halogens is 3. The number of benzene rings is 2. The average molecular weight is 546 g/mol. The van der Waals surface area contributed by atoms with E-state index in [9.17, 15) is 9.59 Å². The highest BCUT2D eigenvalue weighted by Crippen LogP contribution is 2.24. The van der Waals surface area contributed by atoms with Crippen LogP contribution in [0.2, 0.25) is 10.0 Å². The second-order valence-corrected chi connectivity index (χ2v) is 9.94. The zero-order valence-electron chi connectivity index (χ0n) is 17.7. The zero-order valence-corrected chi connectivity index (χ0v) is 21.6. The van der Waals surface area contributed by atoms with Crippen LogP contribution in [0.5, 0.6) is 0 Å². The molecule has 0 fully saturated rings. The van der Waals surface area contributed by atoms with Crippen molar-refractivity contribution in [2.24, 2.45) is 0 Å². The van der Waals surface area contributed by atoms with E-state index in [0.717, 1.165) is 28.4 Å². The molecule has 4 nitrogen and oxygen atoms in total. The molecule has 0 aliphatic rings. The van der Waals surface area contributed by atoms with Crippen LogP contribution in [0.25, 0.3) is 0 Å². The van der Waals surface area contributed by atoms with E-state index in [2.05, 4.69) is 28.2 Å². The van der Waals surface area contributed by atoms with E-state index in [-0.39, 0.29) is 24.1 Å². The van der Waals surface area contributed by atoms with Crippen molar-refractivity contribution >= 4 is 62.7 Å². The molecule has 0 heterocycles. The predicted molar refractivity (Wildman–Crippen MR) is 135 cm³/mol. The molecule has 1 atom stereocenters. The molecule has 1 N–H and O–H groups in total. The summed E-state index contributed by atoms with van der Waals surface area (Å²) in [7, 11) is 0. The van der Waals surface area contributed by atoms with E-state index >= 15 is 0 Å². The van der Waals surface area contributed by atoms with Crippen LogP contribution in [-0.2, 0) is 21.9 Å². The highest BCUT2D eigenvalue weighted by molar-refractivity contribution is 9.10. The third-order valence-electron chi connectivity index (χ3n) is 4.76. The van der Waals surface area contributed by atoms with Crippen LogP contribution in [0.3, 0.4) is 0 Å². The summed E-state index contributed by atoms with van der Waals surface area (Å²) in [4.78, 5) is 27.3. The molecule has 0 spiro atoms. The topological polar surface area (TPSA) is 49.4 Å². The SMILES string of the molecule is CCCCNC(=O)[C@@H](C)N(Cc1ccc(Cl)cc1Cl)C(=O)CSCc1ccc(Br)cc1. The van der Waals surface area contributed by atoms with Gasteiger partial charge in [-0.1, -0.05) is 70.7 Å². The quantitative estimate of drug-likeness (QED) is 0.336. The van der Waals surface area contributed by atoms with Crippen molar-refractivity contribution in [1.29, 1.82) is 0 Å². The fourth-order valence-corrected chi connectivity index (χ4v) is 4.48. The standard InChI is InChI=1S/C23H27BrCl2N2O2S/c1-3-4-11-27-23(30)16(2)28(13-18-7-10-20(25)12-21(18)26)22(29)15-31-14-17-5-8-19(24)9-6-17/h5-10,12,16H,3-4,11,13-15H2,1-2H3,(H,27,30)/t16-/m1/s1. The molecule has 0 saturated heterocycles. The summed E-state index contributed by atoms with van der Waals surface area (Å²) in [5, 5.41) is 3.93. The number of amides is 2. The molecular formula is C23H27BrCl2N2O2S. The minimum atomic E-state index is -0.607. The Labute approximate surface area is 207 Å². The summed E-state index contributed by atoms with van der Waals surface area (Å²) in [6.45, 7) is 4.66. The van der Waals surface area contributed by atoms with Crippen LogP contribution >= 0.6 is 50.9 Å². The van der Waals surface area contributed by atoms with E-state index in [1.165, 1.54) is 11.8 Å². The first-order valence-electron chi connectivity index (χ1n) is 10.1. The van der Waals surface area contributed by atoms with Gasteiger partial charge >= 0.3 is 0 Å². The second kappa shape index (κ2) is 13.4. The van der Waals surface area contributed by atoms with Crippen molar-refractivity contribution in [3.63, 3.8) is 0 Å². The fraction of sp³-hybridized carbons (Fsp3) is 0.391. The van der Waals surface area contributed by atoms with Crippen LogP contribution in [0.1, 0.15) is 37.8 Å². The molecule has 0 aliphatic carbocycles. The fourth-order valence-electron chi connectivity index (χ4n) is 2.87. The minimum absolute atomic E-state index is 0.105. The van der Waals surface area contributed by atoms with Crippen LogP contribution in [0.15, 0.2) is 46.9 Å². The summed E-state index contributed by atoms with van der Waals surface area (Å²) in [6, 6.07) is 12.6. The van der Waals surface area contributed by atoms with Gasteiger partial charge in [0.25, 0.3) is 0 Å². The number of carbonyl (C=O) groups excluding carboxylic acids is 2. The maximum atomic E-state index is 13.1. The lowest BCUT2D eigenvalue weighted by Crippen LogP contribution is -2.48. The Morgan fingerprint density at radius 3 is 2.52 bits per heavy atom. The second-order valence-electron chi connectivity index (χ2n) is 7.20. The van der Waals surface area contributed by atoms with E-state index in [1.807, 2.05) is 24.3 Å². The van der Waals surface area contributed by atoms with Gasteiger partial charge in [0.1, 0.15) is 6.04 Å². The highest BCUT2D eigenvalue weighted by atomic mass is 79.9. The first kappa shape index (κ1) is 26.0. The van der Waals surface area contributed by atoms with Crippen molar-refractivity contribution in [3.05, 3.63) is 68.1 Å². The van der Waals surface area contributed by atoms with Gasteiger partial charge in [-0.15, -0.1) is 11.8 Å². The van der Waals surface area contributed by atoms with Gasteiger partial charge in [-0.3, -0.25) is 9.59 Å². The van der Waals surface area contributed by atoms with E-state index in [4.69, 9.17) is 23.2 Å². The third-order valence-corrected chi connectivity index (χ3v) is 6.86. The Hall–Kier alpha value is -1.21. The number of rotatable bonds is 11. The molecule has 0 bridgehead atoms. The predicted octanol–water partition coefficient (Wildman–Crippen LogP) is 6.32. The summed E-state index contributed by atoms with van der Waals surface area (Å²) < 4.78 is 1.02. The molecule has 2 amide bonds. The Balaban J connectivity index is 2.08. The zero-order chi connectivity index (χ0) is 22.8. The number of hydrogen-bond acceptors (Lipinski definition) is 3. The van der Waals surface area contributed by atoms with Gasteiger partial charge in [-0.05, 0) is 48.7 Å². The van der Waals surface area contributed by atoms with Crippen molar-refractivity contribution in [3.8, 4) is 0 Å². The van der Waals surface area contributed by atoms with Crippen molar-refractivity contribution in [2.45, 2.75) is 45.0 Å².